The number of nitrogens with one attached hydrogen (secondary N) is 2. The van der Waals surface area contributed by atoms with Crippen molar-refractivity contribution in [2.24, 2.45) is 5.92 Å². The Morgan fingerprint density at radius 2 is 2.36 bits per heavy atom. The van der Waals surface area contributed by atoms with Gasteiger partial charge >= 0.3 is 0 Å². The van der Waals surface area contributed by atoms with Crippen molar-refractivity contribution in [1.82, 2.24) is 10.6 Å². The highest BCUT2D eigenvalue weighted by Crippen LogP contribution is 2.00. The van der Waals surface area contributed by atoms with E-state index >= 15 is 0 Å². The van der Waals surface area contributed by atoms with E-state index in [1.54, 1.807) is 0 Å². The van der Waals surface area contributed by atoms with Gasteiger partial charge in [0.15, 0.2) is 0 Å². The fourth-order valence-corrected chi connectivity index (χ4v) is 1.41. The monoisotopic (exact) mass is 156 g/mol. The minimum atomic E-state index is 0.744. The molecule has 0 spiro atoms. The predicted octanol–water partition coefficient (Wildman–Crippen LogP) is 0.984. The van der Waals surface area contributed by atoms with Crippen molar-refractivity contribution in [2.75, 3.05) is 19.6 Å². The molecule has 2 N–H and O–H groups in total. The van der Waals surface area contributed by atoms with Gasteiger partial charge in [-0.05, 0) is 31.8 Å². The van der Waals surface area contributed by atoms with Crippen LogP contribution in [0.3, 0.4) is 0 Å². The molecule has 0 saturated carbocycles. The molecule has 0 aliphatic carbocycles. The fraction of sp³-hybridized carbons (Fsp3) is 1.00. The Bertz CT molecular complexity index is 95.7. The Hall–Kier alpha value is -0.0800. The summed E-state index contributed by atoms with van der Waals surface area (Å²) in [6.45, 7) is 8.09. The molecule has 0 aromatic carbocycles. The summed E-state index contributed by atoms with van der Waals surface area (Å²) >= 11 is 0. The van der Waals surface area contributed by atoms with E-state index < -0.39 is 0 Å². The van der Waals surface area contributed by atoms with Crippen molar-refractivity contribution < 1.29 is 0 Å². The lowest BCUT2D eigenvalue weighted by molar-refractivity contribution is 0.486. The van der Waals surface area contributed by atoms with Crippen molar-refractivity contribution in [1.29, 1.82) is 0 Å². The molecule has 0 aromatic rings. The third-order valence-corrected chi connectivity index (χ3v) is 2.22. The minimum absolute atomic E-state index is 0.744. The molecule has 0 radical (unpaired) electrons. The van der Waals surface area contributed by atoms with Gasteiger partial charge in [-0.3, -0.25) is 0 Å². The van der Waals surface area contributed by atoms with Gasteiger partial charge in [0.05, 0.1) is 0 Å². The van der Waals surface area contributed by atoms with E-state index in [-0.39, 0.29) is 0 Å². The van der Waals surface area contributed by atoms with Gasteiger partial charge in [-0.15, -0.1) is 0 Å². The standard InChI is InChI=1S/C9H20N2/c1-8(2)3-6-11-9-4-5-10-7-9/h8-11H,3-7H2,1-2H3/t9-/m0/s1. The van der Waals surface area contributed by atoms with Crippen molar-refractivity contribution >= 4 is 0 Å². The second kappa shape index (κ2) is 4.73. The average Bonchev–Trinajstić information content (AvgIpc) is 2.39. The van der Waals surface area contributed by atoms with Gasteiger partial charge in [0.1, 0.15) is 0 Å². The summed E-state index contributed by atoms with van der Waals surface area (Å²) in [5.74, 6) is 0.830. The van der Waals surface area contributed by atoms with E-state index in [2.05, 4.69) is 24.5 Å². The van der Waals surface area contributed by atoms with Crippen LogP contribution in [0.5, 0.6) is 0 Å². The Balaban J connectivity index is 1.94. The number of rotatable bonds is 4. The lowest BCUT2D eigenvalue weighted by atomic mass is 10.1. The van der Waals surface area contributed by atoms with Gasteiger partial charge in [-0.25, -0.2) is 0 Å². The van der Waals surface area contributed by atoms with Crippen molar-refractivity contribution in [3.63, 3.8) is 0 Å². The smallest absolute Gasteiger partial charge is 0.0204 e. The zero-order valence-electron chi connectivity index (χ0n) is 7.69. The maximum Gasteiger partial charge on any atom is 0.0204 e. The first-order valence-electron chi connectivity index (χ1n) is 4.73. The SMILES string of the molecule is CC(C)CCN[C@H]1CCNC1. The third-order valence-electron chi connectivity index (χ3n) is 2.22. The molecule has 0 bridgehead atoms. The van der Waals surface area contributed by atoms with Crippen LogP contribution in [-0.2, 0) is 0 Å². The van der Waals surface area contributed by atoms with E-state index in [1.165, 1.54) is 25.9 Å². The fourth-order valence-electron chi connectivity index (χ4n) is 1.41. The Morgan fingerprint density at radius 1 is 1.55 bits per heavy atom. The second-order valence-corrected chi connectivity index (χ2v) is 3.83. The van der Waals surface area contributed by atoms with Crippen molar-refractivity contribution in [2.45, 2.75) is 32.7 Å². The van der Waals surface area contributed by atoms with Crippen LogP contribution in [0.2, 0.25) is 0 Å². The number of hydrogen-bond donors (Lipinski definition) is 2. The second-order valence-electron chi connectivity index (χ2n) is 3.83. The molecule has 1 saturated heterocycles. The molecule has 1 aliphatic rings. The van der Waals surface area contributed by atoms with Gasteiger partial charge in [-0.1, -0.05) is 13.8 Å². The topological polar surface area (TPSA) is 24.1 Å². The van der Waals surface area contributed by atoms with Crippen LogP contribution in [0.25, 0.3) is 0 Å². The van der Waals surface area contributed by atoms with Crippen molar-refractivity contribution in [3.05, 3.63) is 0 Å². The van der Waals surface area contributed by atoms with E-state index in [0.717, 1.165) is 18.5 Å². The molecule has 2 nitrogen and oxygen atoms in total. The Morgan fingerprint density at radius 3 is 2.91 bits per heavy atom. The lowest BCUT2D eigenvalue weighted by Gasteiger charge is -2.11. The molecule has 1 aliphatic heterocycles. The first kappa shape index (κ1) is 9.01. The van der Waals surface area contributed by atoms with Crippen LogP contribution in [-0.4, -0.2) is 25.7 Å². The van der Waals surface area contributed by atoms with E-state index in [9.17, 15) is 0 Å². The molecule has 66 valence electrons. The molecule has 2 heteroatoms. The predicted molar refractivity (Wildman–Crippen MR) is 48.7 cm³/mol. The summed E-state index contributed by atoms with van der Waals surface area (Å²) in [7, 11) is 0. The molecule has 1 atom stereocenters. The van der Waals surface area contributed by atoms with Crippen LogP contribution in [0.1, 0.15) is 26.7 Å². The molecule has 1 rings (SSSR count). The van der Waals surface area contributed by atoms with Crippen LogP contribution in [0, 0.1) is 5.92 Å². The average molecular weight is 156 g/mol. The highest BCUT2D eigenvalue weighted by molar-refractivity contribution is 4.76. The van der Waals surface area contributed by atoms with Gasteiger partial charge in [0.2, 0.25) is 0 Å². The zero-order chi connectivity index (χ0) is 8.10. The van der Waals surface area contributed by atoms with Gasteiger partial charge in [-0.2, -0.15) is 0 Å². The van der Waals surface area contributed by atoms with Gasteiger partial charge in [0.25, 0.3) is 0 Å². The van der Waals surface area contributed by atoms with E-state index in [4.69, 9.17) is 0 Å². The quantitative estimate of drug-likeness (QED) is 0.634. The minimum Gasteiger partial charge on any atom is -0.315 e. The third kappa shape index (κ3) is 3.73. The highest BCUT2D eigenvalue weighted by Gasteiger charge is 2.12. The van der Waals surface area contributed by atoms with Crippen LogP contribution >= 0.6 is 0 Å². The molecule has 11 heavy (non-hydrogen) atoms. The highest BCUT2D eigenvalue weighted by atomic mass is 15.0. The molecular formula is C9H20N2. The first-order valence-corrected chi connectivity index (χ1v) is 4.73. The summed E-state index contributed by atoms with van der Waals surface area (Å²) in [5, 5.41) is 6.90. The van der Waals surface area contributed by atoms with Crippen molar-refractivity contribution in [3.8, 4) is 0 Å². The number of hydrogen-bond acceptors (Lipinski definition) is 2. The van der Waals surface area contributed by atoms with Crippen LogP contribution in [0.15, 0.2) is 0 Å². The van der Waals surface area contributed by atoms with Crippen LogP contribution < -0.4 is 10.6 Å². The largest absolute Gasteiger partial charge is 0.315 e. The molecule has 0 unspecified atom stereocenters. The molecule has 1 fully saturated rings. The molecule has 0 amide bonds. The van der Waals surface area contributed by atoms with Gasteiger partial charge < -0.3 is 10.6 Å². The lowest BCUT2D eigenvalue weighted by Crippen LogP contribution is -2.32. The summed E-state index contributed by atoms with van der Waals surface area (Å²) < 4.78 is 0. The maximum atomic E-state index is 3.55. The van der Waals surface area contributed by atoms with E-state index in [0.29, 0.717) is 0 Å². The zero-order valence-corrected chi connectivity index (χ0v) is 7.69. The maximum absolute atomic E-state index is 3.55. The van der Waals surface area contributed by atoms with E-state index in [1.807, 2.05) is 0 Å². The molecule has 1 heterocycles. The first-order chi connectivity index (χ1) is 5.29. The normalized spacial score (nSPS) is 24.8. The summed E-state index contributed by atoms with van der Waals surface area (Å²) in [4.78, 5) is 0. The molecular weight excluding hydrogens is 136 g/mol. The Kier molecular flexibility index (Phi) is 3.87. The summed E-state index contributed by atoms with van der Waals surface area (Å²) in [6, 6.07) is 0.744. The molecule has 0 aromatic heterocycles. The summed E-state index contributed by atoms with van der Waals surface area (Å²) in [5.41, 5.74) is 0. The van der Waals surface area contributed by atoms with Crippen LogP contribution in [0.4, 0.5) is 0 Å². The summed E-state index contributed by atoms with van der Waals surface area (Å²) in [6.07, 6.45) is 2.61. The van der Waals surface area contributed by atoms with Gasteiger partial charge in [0, 0.05) is 12.6 Å². The Labute approximate surface area is 69.8 Å².